The summed E-state index contributed by atoms with van der Waals surface area (Å²) in [7, 11) is -1.06. The van der Waals surface area contributed by atoms with Gasteiger partial charge in [0.05, 0.1) is 18.6 Å². The first-order chi connectivity index (χ1) is 20.6. The maximum atomic E-state index is 14.1. The highest BCUT2D eigenvalue weighted by atomic mass is 32.2. The Morgan fingerprint density at radius 2 is 1.53 bits per heavy atom. The first kappa shape index (κ1) is 31.7. The summed E-state index contributed by atoms with van der Waals surface area (Å²) in [5.74, 6) is -0.172. The molecule has 0 spiro atoms. The molecule has 4 aromatic carbocycles. The van der Waals surface area contributed by atoms with Crippen LogP contribution in [0.4, 0.5) is 0 Å². The molecule has 4 aromatic rings. The van der Waals surface area contributed by atoms with Crippen LogP contribution in [-0.2, 0) is 32.6 Å². The number of nitrogens with one attached hydrogen (secondary N) is 1. The highest BCUT2D eigenvalue weighted by Gasteiger charge is 2.33. The van der Waals surface area contributed by atoms with Crippen molar-refractivity contribution < 1.29 is 22.7 Å². The average molecular weight is 602 g/mol. The van der Waals surface area contributed by atoms with Gasteiger partial charge in [0.2, 0.25) is 21.8 Å². The molecule has 0 saturated heterocycles. The van der Waals surface area contributed by atoms with Crippen LogP contribution in [0.2, 0.25) is 0 Å². The van der Waals surface area contributed by atoms with Crippen molar-refractivity contribution in [2.75, 3.05) is 20.7 Å². The molecule has 9 heteroatoms. The van der Waals surface area contributed by atoms with Crippen LogP contribution >= 0.6 is 0 Å². The Balaban J connectivity index is 1.69. The standard InChI is InChI=1S/C34H39N3O5S/c1-5-25(2)35-34(39)32(21-26-12-7-6-8-13-26)37(23-27-14-11-17-30(20-27)42-4)33(38)24-36(3)43(40,41)31-19-18-28-15-9-10-16-29(28)22-31/h6-20,22,25,32H,5,21,23-24H2,1-4H3,(H,35,39)/t25-,32-/m0/s1. The van der Waals surface area contributed by atoms with E-state index in [1.807, 2.05) is 86.6 Å². The number of methoxy groups -OCH3 is 1. The van der Waals surface area contributed by atoms with Crippen LogP contribution in [0.15, 0.2) is 102 Å². The van der Waals surface area contributed by atoms with Gasteiger partial charge in [-0.15, -0.1) is 0 Å². The molecule has 8 nitrogen and oxygen atoms in total. The number of likely N-dealkylation sites (N-methyl/N-ethyl adjacent to an activating group) is 1. The van der Waals surface area contributed by atoms with Crippen LogP contribution < -0.4 is 10.1 Å². The fraction of sp³-hybridized carbons (Fsp3) is 0.294. The van der Waals surface area contributed by atoms with Gasteiger partial charge in [0.25, 0.3) is 0 Å². The van der Waals surface area contributed by atoms with E-state index in [4.69, 9.17) is 4.74 Å². The Hall–Kier alpha value is -4.21. The number of nitrogens with zero attached hydrogens (tertiary/aromatic N) is 2. The number of carbonyl (C=O) groups is 2. The first-order valence-corrected chi connectivity index (χ1v) is 15.8. The van der Waals surface area contributed by atoms with Crippen molar-refractivity contribution in [3.05, 3.63) is 108 Å². The summed E-state index contributed by atoms with van der Waals surface area (Å²) >= 11 is 0. The monoisotopic (exact) mass is 601 g/mol. The smallest absolute Gasteiger partial charge is 0.243 e. The fourth-order valence-corrected chi connectivity index (χ4v) is 5.99. The van der Waals surface area contributed by atoms with Crippen LogP contribution in [0, 0.1) is 0 Å². The van der Waals surface area contributed by atoms with E-state index < -0.39 is 28.5 Å². The van der Waals surface area contributed by atoms with Crippen molar-refractivity contribution in [3.8, 4) is 5.75 Å². The Morgan fingerprint density at radius 1 is 0.860 bits per heavy atom. The summed E-state index contributed by atoms with van der Waals surface area (Å²) < 4.78 is 33.7. The van der Waals surface area contributed by atoms with Crippen molar-refractivity contribution >= 4 is 32.6 Å². The number of fused-ring (bicyclic) bond motifs is 1. The maximum Gasteiger partial charge on any atom is 0.243 e. The zero-order valence-electron chi connectivity index (χ0n) is 25.1. The summed E-state index contributed by atoms with van der Waals surface area (Å²) in [6, 6.07) is 28.2. The van der Waals surface area contributed by atoms with Gasteiger partial charge in [-0.1, -0.05) is 79.7 Å². The summed E-state index contributed by atoms with van der Waals surface area (Å²) in [5, 5.41) is 4.73. The molecule has 43 heavy (non-hydrogen) atoms. The molecule has 0 fully saturated rings. The lowest BCUT2D eigenvalue weighted by atomic mass is 10.0. The van der Waals surface area contributed by atoms with Crippen LogP contribution in [0.1, 0.15) is 31.4 Å². The maximum absolute atomic E-state index is 14.1. The minimum absolute atomic E-state index is 0.0886. The average Bonchev–Trinajstić information content (AvgIpc) is 3.02. The Morgan fingerprint density at radius 3 is 2.23 bits per heavy atom. The molecule has 0 saturated carbocycles. The van der Waals surface area contributed by atoms with Gasteiger partial charge in [-0.05, 0) is 59.5 Å². The van der Waals surface area contributed by atoms with Crippen LogP contribution in [-0.4, -0.2) is 62.2 Å². The van der Waals surface area contributed by atoms with Gasteiger partial charge in [0.15, 0.2) is 0 Å². The molecule has 0 aromatic heterocycles. The summed E-state index contributed by atoms with van der Waals surface area (Å²) in [5.41, 5.74) is 1.63. The molecule has 0 unspecified atom stereocenters. The minimum Gasteiger partial charge on any atom is -0.497 e. The van der Waals surface area contributed by atoms with Crippen LogP contribution in [0.5, 0.6) is 5.75 Å². The molecule has 4 rings (SSSR count). The molecule has 2 amide bonds. The van der Waals surface area contributed by atoms with E-state index in [-0.39, 0.29) is 29.8 Å². The van der Waals surface area contributed by atoms with E-state index in [2.05, 4.69) is 5.32 Å². The van der Waals surface area contributed by atoms with Gasteiger partial charge in [-0.2, -0.15) is 4.31 Å². The molecule has 2 atom stereocenters. The Labute approximate surface area is 254 Å². The van der Waals surface area contributed by atoms with Gasteiger partial charge in [0.1, 0.15) is 11.8 Å². The highest BCUT2D eigenvalue weighted by Crippen LogP contribution is 2.23. The Kier molecular flexibility index (Phi) is 10.6. The minimum atomic E-state index is -4.01. The fourth-order valence-electron chi connectivity index (χ4n) is 4.84. The Bertz CT molecular complexity index is 1660. The second-order valence-electron chi connectivity index (χ2n) is 10.7. The van der Waals surface area contributed by atoms with Crippen LogP contribution in [0.25, 0.3) is 10.8 Å². The number of benzene rings is 4. The molecule has 0 bridgehead atoms. The topological polar surface area (TPSA) is 96.0 Å². The molecule has 0 radical (unpaired) electrons. The number of hydrogen-bond donors (Lipinski definition) is 1. The number of amides is 2. The van der Waals surface area contributed by atoms with Gasteiger partial charge in [-0.3, -0.25) is 9.59 Å². The number of sulfonamides is 1. The molecule has 0 aliphatic rings. The number of carbonyl (C=O) groups excluding carboxylic acids is 2. The lowest BCUT2D eigenvalue weighted by Gasteiger charge is -2.33. The summed E-state index contributed by atoms with van der Waals surface area (Å²) in [4.78, 5) is 29.4. The van der Waals surface area contributed by atoms with E-state index in [0.717, 1.165) is 32.6 Å². The van der Waals surface area contributed by atoms with E-state index >= 15 is 0 Å². The highest BCUT2D eigenvalue weighted by molar-refractivity contribution is 7.89. The quantitative estimate of drug-likeness (QED) is 0.232. The van der Waals surface area contributed by atoms with Crippen molar-refractivity contribution in [2.24, 2.45) is 0 Å². The predicted octanol–water partition coefficient (Wildman–Crippen LogP) is 5.02. The van der Waals surface area contributed by atoms with E-state index in [1.54, 1.807) is 31.4 Å². The van der Waals surface area contributed by atoms with Crippen LogP contribution in [0.3, 0.4) is 0 Å². The number of rotatable bonds is 13. The summed E-state index contributed by atoms with van der Waals surface area (Å²) in [6.07, 6.45) is 0.986. The molecule has 0 aliphatic heterocycles. The van der Waals surface area contributed by atoms with E-state index in [0.29, 0.717) is 5.75 Å². The first-order valence-electron chi connectivity index (χ1n) is 14.3. The molecule has 0 heterocycles. The van der Waals surface area contributed by atoms with Crippen molar-refractivity contribution in [2.45, 2.75) is 50.2 Å². The summed E-state index contributed by atoms with van der Waals surface area (Å²) in [6.45, 7) is 3.53. The largest absolute Gasteiger partial charge is 0.497 e. The zero-order valence-corrected chi connectivity index (χ0v) is 25.9. The normalized spacial score (nSPS) is 13.0. The number of ether oxygens (including phenoxy) is 1. The van der Waals surface area contributed by atoms with Crippen molar-refractivity contribution in [1.82, 2.24) is 14.5 Å². The molecular weight excluding hydrogens is 562 g/mol. The van der Waals surface area contributed by atoms with E-state index in [1.165, 1.54) is 11.9 Å². The number of hydrogen-bond acceptors (Lipinski definition) is 5. The van der Waals surface area contributed by atoms with Crippen molar-refractivity contribution in [3.63, 3.8) is 0 Å². The molecule has 0 aliphatic carbocycles. The third-order valence-corrected chi connectivity index (χ3v) is 9.35. The third-order valence-electron chi connectivity index (χ3n) is 7.55. The van der Waals surface area contributed by atoms with Gasteiger partial charge in [0, 0.05) is 26.1 Å². The van der Waals surface area contributed by atoms with Gasteiger partial charge >= 0.3 is 0 Å². The predicted molar refractivity (Wildman–Crippen MR) is 169 cm³/mol. The molecule has 226 valence electrons. The molecular formula is C34H39N3O5S. The third kappa shape index (κ3) is 8.00. The SMILES string of the molecule is CC[C@H](C)NC(=O)[C@H](Cc1ccccc1)N(Cc1cccc(OC)c1)C(=O)CN(C)S(=O)(=O)c1ccc2ccccc2c1. The van der Waals surface area contributed by atoms with E-state index in [9.17, 15) is 18.0 Å². The lowest BCUT2D eigenvalue weighted by Crippen LogP contribution is -2.54. The second-order valence-corrected chi connectivity index (χ2v) is 12.7. The second kappa shape index (κ2) is 14.3. The zero-order chi connectivity index (χ0) is 31.0. The van der Waals surface area contributed by atoms with Gasteiger partial charge < -0.3 is 15.0 Å². The van der Waals surface area contributed by atoms with Crippen molar-refractivity contribution in [1.29, 1.82) is 0 Å². The lowest BCUT2D eigenvalue weighted by molar-refractivity contribution is -0.141. The van der Waals surface area contributed by atoms with Gasteiger partial charge in [-0.25, -0.2) is 8.42 Å². The molecule has 1 N–H and O–H groups in total.